The van der Waals surface area contributed by atoms with E-state index in [1.807, 2.05) is 47.0 Å². The number of anilines is 2. The van der Waals surface area contributed by atoms with Crippen molar-refractivity contribution in [3.63, 3.8) is 0 Å². The van der Waals surface area contributed by atoms with Crippen molar-refractivity contribution < 1.29 is 28.5 Å². The lowest BCUT2D eigenvalue weighted by molar-refractivity contribution is -0.124. The van der Waals surface area contributed by atoms with E-state index in [-0.39, 0.29) is 31.8 Å². The molecule has 1 N–H and O–H groups in total. The number of aromatic nitrogens is 2. The van der Waals surface area contributed by atoms with Crippen LogP contribution in [0.5, 0.6) is 23.0 Å². The van der Waals surface area contributed by atoms with E-state index in [1.54, 1.807) is 23.1 Å². The van der Waals surface area contributed by atoms with Gasteiger partial charge in [0.15, 0.2) is 23.0 Å². The van der Waals surface area contributed by atoms with Crippen LogP contribution in [0, 0.1) is 0 Å². The molecule has 3 aromatic carbocycles. The molecular formula is C26H20N4O6. The van der Waals surface area contributed by atoms with E-state index in [1.165, 1.54) is 0 Å². The molecule has 1 aromatic heterocycles. The van der Waals surface area contributed by atoms with Crippen molar-refractivity contribution in [2.75, 3.05) is 23.8 Å². The van der Waals surface area contributed by atoms with Crippen LogP contribution in [-0.2, 0) is 16.1 Å². The second kappa shape index (κ2) is 7.91. The fourth-order valence-electron chi connectivity index (χ4n) is 4.83. The number of nitrogens with one attached hydrogen (secondary N) is 1. The Bertz CT molecular complexity index is 1550. The van der Waals surface area contributed by atoms with Crippen LogP contribution in [0.2, 0.25) is 0 Å². The van der Waals surface area contributed by atoms with Gasteiger partial charge in [0, 0.05) is 11.8 Å². The summed E-state index contributed by atoms with van der Waals surface area (Å²) in [5, 5.41) is 2.87. The summed E-state index contributed by atoms with van der Waals surface area (Å²) in [6.45, 7) is 0.621. The summed E-state index contributed by atoms with van der Waals surface area (Å²) in [6, 6.07) is 17.7. The maximum atomic E-state index is 13.6. The van der Waals surface area contributed by atoms with Crippen LogP contribution in [0.1, 0.15) is 18.0 Å². The number of benzene rings is 3. The number of fused-ring (bicyclic) bond motifs is 5. The number of hydrogen-bond donors (Lipinski definition) is 1. The van der Waals surface area contributed by atoms with Gasteiger partial charge in [-0.2, -0.15) is 0 Å². The Morgan fingerprint density at radius 2 is 1.64 bits per heavy atom. The van der Waals surface area contributed by atoms with Crippen molar-refractivity contribution in [1.82, 2.24) is 9.55 Å². The highest BCUT2D eigenvalue weighted by molar-refractivity contribution is 6.05. The number of hydrogen-bond acceptors (Lipinski definition) is 7. The van der Waals surface area contributed by atoms with Gasteiger partial charge in [-0.25, -0.2) is 4.98 Å². The number of rotatable bonds is 5. The van der Waals surface area contributed by atoms with Crippen LogP contribution in [-0.4, -0.2) is 35.0 Å². The molecule has 0 radical (unpaired) electrons. The number of carbonyl (C=O) groups is 2. The average Bonchev–Trinajstić information content (AvgIpc) is 3.65. The molecule has 1 unspecified atom stereocenters. The van der Waals surface area contributed by atoms with Gasteiger partial charge in [-0.1, -0.05) is 18.2 Å². The third-order valence-electron chi connectivity index (χ3n) is 6.49. The average molecular weight is 484 g/mol. The Labute approximate surface area is 204 Å². The van der Waals surface area contributed by atoms with Crippen LogP contribution in [0.4, 0.5) is 11.6 Å². The van der Waals surface area contributed by atoms with Crippen LogP contribution in [0.15, 0.2) is 60.7 Å². The Kier molecular flexibility index (Phi) is 4.53. The molecule has 10 nitrogen and oxygen atoms in total. The first-order chi connectivity index (χ1) is 17.6. The maximum absolute atomic E-state index is 13.6. The molecule has 4 aromatic rings. The van der Waals surface area contributed by atoms with Gasteiger partial charge in [0.2, 0.25) is 25.4 Å². The lowest BCUT2D eigenvalue weighted by Crippen LogP contribution is -2.31. The normalized spacial score (nSPS) is 17.1. The van der Waals surface area contributed by atoms with Crippen LogP contribution < -0.4 is 29.2 Å². The highest BCUT2D eigenvalue weighted by Gasteiger charge is 2.41. The predicted molar refractivity (Wildman–Crippen MR) is 128 cm³/mol. The summed E-state index contributed by atoms with van der Waals surface area (Å²) in [7, 11) is 0. The number of nitrogens with zero attached hydrogens (tertiary/aromatic N) is 3. The smallest absolute Gasteiger partial charge is 0.253 e. The van der Waals surface area contributed by atoms with Crippen LogP contribution >= 0.6 is 0 Å². The predicted octanol–water partition coefficient (Wildman–Crippen LogP) is 3.61. The summed E-state index contributed by atoms with van der Waals surface area (Å²) in [5.41, 5.74) is 3.01. The zero-order valence-corrected chi connectivity index (χ0v) is 19.0. The lowest BCUT2D eigenvalue weighted by Gasteiger charge is -2.16. The molecule has 0 spiro atoms. The minimum absolute atomic E-state index is 0.0434. The Morgan fingerprint density at radius 3 is 2.47 bits per heavy atom. The molecular weight excluding hydrogens is 464 g/mol. The number of ether oxygens (including phenoxy) is 4. The first-order valence-electron chi connectivity index (χ1n) is 11.5. The van der Waals surface area contributed by atoms with E-state index in [0.717, 1.165) is 16.6 Å². The monoisotopic (exact) mass is 484 g/mol. The standard InChI is InChI=1S/C26H20N4O6/c31-24(27-16-6-8-21-23(10-16)36-14-34-21)11-19-25(32)29(12-15-5-7-20-22(9-15)35-13-33-20)26-28-17-3-1-2-4-18(17)30(19)26/h1-10,19H,11-14H2,(H,27,31). The number of imidazole rings is 1. The van der Waals surface area contributed by atoms with Crippen molar-refractivity contribution in [2.45, 2.75) is 19.0 Å². The van der Waals surface area contributed by atoms with E-state index in [2.05, 4.69) is 5.32 Å². The van der Waals surface area contributed by atoms with Crippen molar-refractivity contribution in [2.24, 2.45) is 0 Å². The van der Waals surface area contributed by atoms with Gasteiger partial charge in [-0.15, -0.1) is 0 Å². The molecule has 4 heterocycles. The summed E-state index contributed by atoms with van der Waals surface area (Å²) in [6.07, 6.45) is -0.0434. The third kappa shape index (κ3) is 3.29. The van der Waals surface area contributed by atoms with Crippen LogP contribution in [0.3, 0.4) is 0 Å². The molecule has 0 fully saturated rings. The molecule has 3 aliphatic rings. The first-order valence-corrected chi connectivity index (χ1v) is 11.5. The molecule has 1 atom stereocenters. The summed E-state index contributed by atoms with van der Waals surface area (Å²) < 4.78 is 23.5. The van der Waals surface area contributed by atoms with Crippen molar-refractivity contribution in [3.05, 3.63) is 66.2 Å². The van der Waals surface area contributed by atoms with Crippen molar-refractivity contribution in [3.8, 4) is 23.0 Å². The van der Waals surface area contributed by atoms with E-state index in [9.17, 15) is 9.59 Å². The van der Waals surface area contributed by atoms with E-state index >= 15 is 0 Å². The molecule has 2 amide bonds. The minimum atomic E-state index is -0.726. The summed E-state index contributed by atoms with van der Waals surface area (Å²) in [4.78, 5) is 33.0. The molecule has 0 saturated carbocycles. The lowest BCUT2D eigenvalue weighted by atomic mass is 10.1. The van der Waals surface area contributed by atoms with Gasteiger partial charge in [0.05, 0.1) is 24.0 Å². The Morgan fingerprint density at radius 1 is 0.917 bits per heavy atom. The molecule has 10 heteroatoms. The van der Waals surface area contributed by atoms with Crippen molar-refractivity contribution >= 4 is 34.5 Å². The highest BCUT2D eigenvalue weighted by Crippen LogP contribution is 2.39. The van der Waals surface area contributed by atoms with Gasteiger partial charge < -0.3 is 24.3 Å². The van der Waals surface area contributed by atoms with Gasteiger partial charge in [0.1, 0.15) is 6.04 Å². The summed E-state index contributed by atoms with van der Waals surface area (Å²) in [5.74, 6) is 2.56. The van der Waals surface area contributed by atoms with Gasteiger partial charge in [-0.05, 0) is 42.0 Å². The van der Waals surface area contributed by atoms with Gasteiger partial charge in [-0.3, -0.25) is 19.1 Å². The number of para-hydroxylation sites is 2. The zero-order chi connectivity index (χ0) is 24.2. The second-order valence-corrected chi connectivity index (χ2v) is 8.72. The van der Waals surface area contributed by atoms with Gasteiger partial charge >= 0.3 is 0 Å². The minimum Gasteiger partial charge on any atom is -0.454 e. The van der Waals surface area contributed by atoms with Crippen LogP contribution in [0.25, 0.3) is 11.0 Å². The van der Waals surface area contributed by atoms with Crippen molar-refractivity contribution in [1.29, 1.82) is 0 Å². The second-order valence-electron chi connectivity index (χ2n) is 8.72. The molecule has 7 rings (SSSR count). The SMILES string of the molecule is O=C(CC1C(=O)N(Cc2ccc3c(c2)OCO3)c2nc3ccccc3n21)Nc1ccc2c(c1)OCO2. The van der Waals surface area contributed by atoms with E-state index in [0.29, 0.717) is 41.2 Å². The molecule has 36 heavy (non-hydrogen) atoms. The maximum Gasteiger partial charge on any atom is 0.253 e. The highest BCUT2D eigenvalue weighted by atomic mass is 16.7. The summed E-state index contributed by atoms with van der Waals surface area (Å²) >= 11 is 0. The Hall–Kier alpha value is -4.73. The largest absolute Gasteiger partial charge is 0.454 e. The quantitative estimate of drug-likeness (QED) is 0.462. The molecule has 0 aliphatic carbocycles. The van der Waals surface area contributed by atoms with Gasteiger partial charge in [0.25, 0.3) is 5.91 Å². The Balaban J connectivity index is 1.18. The van der Waals surface area contributed by atoms with E-state index < -0.39 is 6.04 Å². The first kappa shape index (κ1) is 20.6. The topological polar surface area (TPSA) is 104 Å². The number of carbonyl (C=O) groups excluding carboxylic acids is 2. The molecule has 0 saturated heterocycles. The molecule has 0 bridgehead atoms. The number of amides is 2. The van der Waals surface area contributed by atoms with E-state index in [4.69, 9.17) is 23.9 Å². The zero-order valence-electron chi connectivity index (χ0n) is 19.0. The fourth-order valence-corrected chi connectivity index (χ4v) is 4.83. The molecule has 180 valence electrons. The fraction of sp³-hybridized carbons (Fsp3) is 0.192. The third-order valence-corrected chi connectivity index (χ3v) is 6.49. The molecule has 3 aliphatic heterocycles.